The fourth-order valence-corrected chi connectivity index (χ4v) is 2.20. The number of hydrogen-bond acceptors (Lipinski definition) is 2. The highest BCUT2D eigenvalue weighted by atomic mass is 19.1. The fraction of sp³-hybridized carbons (Fsp3) is 0.294. The number of nitrogens with one attached hydrogen (secondary N) is 1. The van der Waals surface area contributed by atoms with Crippen LogP contribution in [0.3, 0.4) is 0 Å². The van der Waals surface area contributed by atoms with Gasteiger partial charge in [-0.2, -0.15) is 0 Å². The molecule has 2 aromatic carbocycles. The molecular formula is C17H21FN2. The molecule has 0 atom stereocenters. The maximum absolute atomic E-state index is 13.7. The Hall–Kier alpha value is -1.87. The molecule has 0 bridgehead atoms. The zero-order valence-electron chi connectivity index (χ0n) is 12.1. The van der Waals surface area contributed by atoms with E-state index in [0.717, 1.165) is 13.0 Å². The summed E-state index contributed by atoms with van der Waals surface area (Å²) in [6.45, 7) is 1.68. The van der Waals surface area contributed by atoms with Crippen LogP contribution in [0.25, 0.3) is 0 Å². The third-order valence-electron chi connectivity index (χ3n) is 3.37. The van der Waals surface area contributed by atoms with Gasteiger partial charge in [0.15, 0.2) is 0 Å². The highest BCUT2D eigenvalue weighted by molar-refractivity contribution is 5.47. The van der Waals surface area contributed by atoms with E-state index in [2.05, 4.69) is 29.6 Å². The Balaban J connectivity index is 2.01. The van der Waals surface area contributed by atoms with Gasteiger partial charge in [0.1, 0.15) is 5.82 Å². The van der Waals surface area contributed by atoms with Crippen molar-refractivity contribution in [2.24, 2.45) is 0 Å². The molecule has 0 saturated heterocycles. The molecule has 0 aliphatic heterocycles. The van der Waals surface area contributed by atoms with Gasteiger partial charge < -0.3 is 10.2 Å². The lowest BCUT2D eigenvalue weighted by Gasteiger charge is -2.20. The molecule has 2 nitrogen and oxygen atoms in total. The van der Waals surface area contributed by atoms with Gasteiger partial charge in [-0.05, 0) is 43.3 Å². The van der Waals surface area contributed by atoms with Crippen molar-refractivity contribution in [3.8, 4) is 0 Å². The summed E-state index contributed by atoms with van der Waals surface area (Å²) in [7, 11) is 3.87. The number of halogens is 1. The van der Waals surface area contributed by atoms with Crippen LogP contribution in [-0.2, 0) is 13.0 Å². The van der Waals surface area contributed by atoms with Gasteiger partial charge in [0.25, 0.3) is 0 Å². The highest BCUT2D eigenvalue weighted by Gasteiger charge is 2.06. The minimum absolute atomic E-state index is 0.180. The molecule has 106 valence electrons. The van der Waals surface area contributed by atoms with Crippen molar-refractivity contribution in [1.29, 1.82) is 0 Å². The van der Waals surface area contributed by atoms with E-state index in [9.17, 15) is 4.39 Å². The first-order valence-electron chi connectivity index (χ1n) is 6.89. The molecule has 0 radical (unpaired) electrons. The number of para-hydroxylation sites is 1. The van der Waals surface area contributed by atoms with E-state index < -0.39 is 0 Å². The van der Waals surface area contributed by atoms with Crippen LogP contribution in [0.15, 0.2) is 48.5 Å². The number of likely N-dealkylation sites (N-methyl/N-ethyl adjacent to an activating group) is 1. The Morgan fingerprint density at radius 2 is 1.65 bits per heavy atom. The van der Waals surface area contributed by atoms with Crippen molar-refractivity contribution < 1.29 is 4.39 Å². The Kier molecular flexibility index (Phi) is 5.13. The minimum Gasteiger partial charge on any atom is -0.368 e. The van der Waals surface area contributed by atoms with Crippen LogP contribution in [0, 0.1) is 5.82 Å². The van der Waals surface area contributed by atoms with Gasteiger partial charge in [0, 0.05) is 13.6 Å². The summed E-state index contributed by atoms with van der Waals surface area (Å²) in [5.74, 6) is -0.180. The molecule has 2 rings (SSSR count). The smallest absolute Gasteiger partial charge is 0.146 e. The van der Waals surface area contributed by atoms with Gasteiger partial charge in [0.05, 0.1) is 5.69 Å². The maximum Gasteiger partial charge on any atom is 0.146 e. The standard InChI is InChI=1S/C17H21FN2/c1-19-12-11-14-7-9-15(10-8-14)13-20(2)17-6-4-3-5-16(17)18/h3-10,19H,11-13H2,1-2H3. The third kappa shape index (κ3) is 3.81. The van der Waals surface area contributed by atoms with Crippen LogP contribution in [0.5, 0.6) is 0 Å². The molecule has 0 aromatic heterocycles. The quantitative estimate of drug-likeness (QED) is 0.868. The van der Waals surface area contributed by atoms with E-state index in [1.54, 1.807) is 12.1 Å². The van der Waals surface area contributed by atoms with Gasteiger partial charge in [-0.1, -0.05) is 36.4 Å². The second kappa shape index (κ2) is 7.06. The number of benzene rings is 2. The van der Waals surface area contributed by atoms with Crippen molar-refractivity contribution >= 4 is 5.69 Å². The minimum atomic E-state index is -0.180. The first kappa shape index (κ1) is 14.5. The normalized spacial score (nSPS) is 10.6. The van der Waals surface area contributed by atoms with Crippen molar-refractivity contribution in [2.75, 3.05) is 25.5 Å². The molecule has 0 saturated carbocycles. The summed E-state index contributed by atoms with van der Waals surface area (Å²) < 4.78 is 13.7. The third-order valence-corrected chi connectivity index (χ3v) is 3.37. The zero-order valence-corrected chi connectivity index (χ0v) is 12.1. The molecular weight excluding hydrogens is 251 g/mol. The van der Waals surface area contributed by atoms with Gasteiger partial charge in [-0.25, -0.2) is 4.39 Å². The molecule has 3 heteroatoms. The summed E-state index contributed by atoms with van der Waals surface area (Å²) >= 11 is 0. The second-order valence-electron chi connectivity index (χ2n) is 4.98. The van der Waals surface area contributed by atoms with Gasteiger partial charge >= 0.3 is 0 Å². The summed E-state index contributed by atoms with van der Waals surface area (Å²) in [4.78, 5) is 1.93. The van der Waals surface area contributed by atoms with Crippen molar-refractivity contribution in [2.45, 2.75) is 13.0 Å². The van der Waals surface area contributed by atoms with Crippen LogP contribution in [0.4, 0.5) is 10.1 Å². The Labute approximate surface area is 120 Å². The van der Waals surface area contributed by atoms with Crippen LogP contribution in [0.1, 0.15) is 11.1 Å². The molecule has 0 aliphatic carbocycles. The number of nitrogens with zero attached hydrogens (tertiary/aromatic N) is 1. The monoisotopic (exact) mass is 272 g/mol. The number of hydrogen-bond donors (Lipinski definition) is 1. The first-order valence-corrected chi connectivity index (χ1v) is 6.89. The number of rotatable bonds is 6. The van der Waals surface area contributed by atoms with E-state index in [-0.39, 0.29) is 5.82 Å². The predicted molar refractivity (Wildman–Crippen MR) is 82.6 cm³/mol. The number of anilines is 1. The van der Waals surface area contributed by atoms with Gasteiger partial charge in [-0.3, -0.25) is 0 Å². The average Bonchev–Trinajstić information content (AvgIpc) is 2.47. The summed E-state index contributed by atoms with van der Waals surface area (Å²) in [5.41, 5.74) is 3.13. The Bertz CT molecular complexity index is 537. The van der Waals surface area contributed by atoms with Crippen LogP contribution in [-0.4, -0.2) is 20.6 Å². The summed E-state index contributed by atoms with van der Waals surface area (Å²) in [5, 5.41) is 3.14. The molecule has 0 aliphatic rings. The molecule has 0 unspecified atom stereocenters. The summed E-state index contributed by atoms with van der Waals surface area (Å²) in [6.07, 6.45) is 1.03. The average molecular weight is 272 g/mol. The SMILES string of the molecule is CNCCc1ccc(CN(C)c2ccccc2F)cc1. The topological polar surface area (TPSA) is 15.3 Å². The predicted octanol–water partition coefficient (Wildman–Crippen LogP) is 3.22. The van der Waals surface area contributed by atoms with E-state index in [0.29, 0.717) is 12.2 Å². The lowest BCUT2D eigenvalue weighted by molar-refractivity contribution is 0.622. The van der Waals surface area contributed by atoms with E-state index in [1.807, 2.05) is 25.1 Å². The van der Waals surface area contributed by atoms with Crippen LogP contribution in [0.2, 0.25) is 0 Å². The van der Waals surface area contributed by atoms with E-state index in [4.69, 9.17) is 0 Å². The molecule has 2 aromatic rings. The summed E-state index contributed by atoms with van der Waals surface area (Å²) in [6, 6.07) is 15.4. The van der Waals surface area contributed by atoms with Crippen molar-refractivity contribution in [3.63, 3.8) is 0 Å². The fourth-order valence-electron chi connectivity index (χ4n) is 2.20. The van der Waals surface area contributed by atoms with E-state index >= 15 is 0 Å². The molecule has 0 fully saturated rings. The van der Waals surface area contributed by atoms with Crippen molar-refractivity contribution in [1.82, 2.24) is 5.32 Å². The van der Waals surface area contributed by atoms with Crippen LogP contribution < -0.4 is 10.2 Å². The van der Waals surface area contributed by atoms with Crippen LogP contribution >= 0.6 is 0 Å². The molecule has 0 spiro atoms. The van der Waals surface area contributed by atoms with Gasteiger partial charge in [-0.15, -0.1) is 0 Å². The highest BCUT2D eigenvalue weighted by Crippen LogP contribution is 2.19. The maximum atomic E-state index is 13.7. The van der Waals surface area contributed by atoms with Crippen molar-refractivity contribution in [3.05, 3.63) is 65.5 Å². The molecule has 0 amide bonds. The zero-order chi connectivity index (χ0) is 14.4. The molecule has 0 heterocycles. The Morgan fingerprint density at radius 1 is 1.00 bits per heavy atom. The second-order valence-corrected chi connectivity index (χ2v) is 4.98. The lowest BCUT2D eigenvalue weighted by Crippen LogP contribution is -2.17. The van der Waals surface area contributed by atoms with E-state index in [1.165, 1.54) is 17.2 Å². The molecule has 1 N–H and O–H groups in total. The first-order chi connectivity index (χ1) is 9.70. The molecule has 20 heavy (non-hydrogen) atoms. The van der Waals surface area contributed by atoms with Gasteiger partial charge in [0.2, 0.25) is 0 Å². The lowest BCUT2D eigenvalue weighted by atomic mass is 10.1. The largest absolute Gasteiger partial charge is 0.368 e. The Morgan fingerprint density at radius 3 is 2.30 bits per heavy atom.